The van der Waals surface area contributed by atoms with Gasteiger partial charge in [0.1, 0.15) is 12.4 Å². The molecule has 0 aromatic heterocycles. The average Bonchev–Trinajstić information content (AvgIpc) is 2.45. The maximum absolute atomic E-state index is 5.74. The molecule has 0 unspecified atom stereocenters. The number of rotatable bonds is 6. The van der Waals surface area contributed by atoms with Gasteiger partial charge < -0.3 is 4.74 Å². The van der Waals surface area contributed by atoms with E-state index in [4.69, 9.17) is 4.74 Å². The summed E-state index contributed by atoms with van der Waals surface area (Å²) < 4.78 is 5.74. The molecule has 0 amide bonds. The van der Waals surface area contributed by atoms with E-state index in [1.165, 1.54) is 22.6 Å². The fourth-order valence-electron chi connectivity index (χ4n) is 1.59. The lowest BCUT2D eigenvalue weighted by molar-refractivity contribution is 0.306. The van der Waals surface area contributed by atoms with Crippen LogP contribution >= 0.6 is 11.8 Å². The van der Waals surface area contributed by atoms with Gasteiger partial charge in [-0.05, 0) is 42.0 Å². The Bertz CT molecular complexity index is 450. The summed E-state index contributed by atoms with van der Waals surface area (Å²) in [5, 5.41) is 0. The van der Waals surface area contributed by atoms with E-state index < -0.39 is 0 Å². The van der Waals surface area contributed by atoms with Crippen LogP contribution in [-0.4, -0.2) is 5.75 Å². The Labute approximate surface area is 113 Å². The Morgan fingerprint density at radius 2 is 1.67 bits per heavy atom. The molecular weight excluding hydrogens is 240 g/mol. The van der Waals surface area contributed by atoms with Crippen LogP contribution in [0, 0.1) is 0 Å². The molecule has 0 aliphatic carbocycles. The predicted octanol–water partition coefficient (Wildman–Crippen LogP) is 4.77. The van der Waals surface area contributed by atoms with E-state index in [-0.39, 0.29) is 0 Å². The summed E-state index contributed by atoms with van der Waals surface area (Å²) in [5.41, 5.74) is 1.20. The molecule has 0 aliphatic heterocycles. The van der Waals surface area contributed by atoms with Gasteiger partial charge in [-0.15, -0.1) is 11.8 Å². The monoisotopic (exact) mass is 258 g/mol. The summed E-state index contributed by atoms with van der Waals surface area (Å²) in [4.78, 5) is 1.31. The van der Waals surface area contributed by atoms with Crippen LogP contribution in [0.25, 0.3) is 0 Å². The second kappa shape index (κ2) is 7.12. The van der Waals surface area contributed by atoms with Crippen molar-refractivity contribution in [1.82, 2.24) is 0 Å². The Kier molecular flexibility index (Phi) is 5.15. The highest BCUT2D eigenvalue weighted by atomic mass is 32.2. The number of thioether (sulfide) groups is 1. The van der Waals surface area contributed by atoms with E-state index in [1.54, 1.807) is 0 Å². The van der Waals surface area contributed by atoms with E-state index in [2.05, 4.69) is 31.2 Å². The molecule has 0 saturated carbocycles. The molecule has 2 aromatic carbocycles. The fraction of sp³-hybridized carbons (Fsp3) is 0.250. The highest BCUT2D eigenvalue weighted by molar-refractivity contribution is 7.99. The second-order valence-corrected chi connectivity index (χ2v) is 5.26. The van der Waals surface area contributed by atoms with Gasteiger partial charge in [0.15, 0.2) is 0 Å². The fourth-order valence-corrected chi connectivity index (χ4v) is 2.36. The van der Waals surface area contributed by atoms with Crippen LogP contribution < -0.4 is 4.74 Å². The van der Waals surface area contributed by atoms with Crippen LogP contribution in [0.2, 0.25) is 0 Å². The SMILES string of the molecule is CCCSc1ccc(OCc2ccccc2)cc1. The molecule has 1 nitrogen and oxygen atoms in total. The summed E-state index contributed by atoms with van der Waals surface area (Å²) >= 11 is 1.89. The standard InChI is InChI=1S/C16H18OS/c1-2-12-18-16-10-8-15(9-11-16)17-13-14-6-4-3-5-7-14/h3-11H,2,12-13H2,1H3. The van der Waals surface area contributed by atoms with Crippen LogP contribution in [0.5, 0.6) is 5.75 Å². The zero-order chi connectivity index (χ0) is 12.6. The van der Waals surface area contributed by atoms with Gasteiger partial charge in [0.05, 0.1) is 0 Å². The highest BCUT2D eigenvalue weighted by Crippen LogP contribution is 2.22. The van der Waals surface area contributed by atoms with Crippen molar-refractivity contribution < 1.29 is 4.74 Å². The Morgan fingerprint density at radius 1 is 0.944 bits per heavy atom. The molecule has 0 radical (unpaired) electrons. The molecule has 0 fully saturated rings. The van der Waals surface area contributed by atoms with Gasteiger partial charge in [0, 0.05) is 4.90 Å². The molecule has 2 aromatic rings. The summed E-state index contributed by atoms with van der Waals surface area (Å²) in [6.45, 7) is 2.83. The molecular formula is C16H18OS. The van der Waals surface area contributed by atoms with Gasteiger partial charge in [-0.2, -0.15) is 0 Å². The van der Waals surface area contributed by atoms with Gasteiger partial charge >= 0.3 is 0 Å². The maximum Gasteiger partial charge on any atom is 0.119 e. The normalized spacial score (nSPS) is 10.3. The van der Waals surface area contributed by atoms with Gasteiger partial charge in [-0.3, -0.25) is 0 Å². The first-order valence-electron chi connectivity index (χ1n) is 6.28. The van der Waals surface area contributed by atoms with Gasteiger partial charge in [-0.1, -0.05) is 37.3 Å². The van der Waals surface area contributed by atoms with Crippen molar-refractivity contribution in [3.8, 4) is 5.75 Å². The third kappa shape index (κ3) is 4.11. The van der Waals surface area contributed by atoms with Crippen LogP contribution in [0.1, 0.15) is 18.9 Å². The van der Waals surface area contributed by atoms with Crippen molar-refractivity contribution in [3.05, 3.63) is 60.2 Å². The first-order valence-corrected chi connectivity index (χ1v) is 7.26. The topological polar surface area (TPSA) is 9.23 Å². The zero-order valence-corrected chi connectivity index (χ0v) is 11.5. The van der Waals surface area contributed by atoms with Crippen molar-refractivity contribution in [2.45, 2.75) is 24.8 Å². The lowest BCUT2D eigenvalue weighted by Gasteiger charge is -2.07. The number of hydrogen-bond donors (Lipinski definition) is 0. The van der Waals surface area contributed by atoms with Crippen molar-refractivity contribution in [3.63, 3.8) is 0 Å². The second-order valence-electron chi connectivity index (χ2n) is 4.09. The first kappa shape index (κ1) is 13.0. The third-order valence-electron chi connectivity index (χ3n) is 2.54. The largest absolute Gasteiger partial charge is 0.489 e. The Balaban J connectivity index is 1.86. The highest BCUT2D eigenvalue weighted by Gasteiger charge is 1.97. The van der Waals surface area contributed by atoms with E-state index >= 15 is 0 Å². The molecule has 94 valence electrons. The molecule has 0 bridgehead atoms. The number of ether oxygens (including phenoxy) is 1. The molecule has 2 heteroatoms. The molecule has 18 heavy (non-hydrogen) atoms. The third-order valence-corrected chi connectivity index (χ3v) is 3.76. The summed E-state index contributed by atoms with van der Waals surface area (Å²) in [6.07, 6.45) is 1.21. The minimum atomic E-state index is 0.627. The molecule has 0 aliphatic rings. The van der Waals surface area contributed by atoms with Crippen molar-refractivity contribution in [2.24, 2.45) is 0 Å². The molecule has 0 heterocycles. The van der Waals surface area contributed by atoms with Crippen LogP contribution in [-0.2, 0) is 6.61 Å². The van der Waals surface area contributed by atoms with Gasteiger partial charge in [-0.25, -0.2) is 0 Å². The summed E-state index contributed by atoms with van der Waals surface area (Å²) in [5.74, 6) is 2.10. The minimum absolute atomic E-state index is 0.627. The summed E-state index contributed by atoms with van der Waals surface area (Å²) in [7, 11) is 0. The lowest BCUT2D eigenvalue weighted by Crippen LogP contribution is -1.94. The first-order chi connectivity index (χ1) is 8.88. The maximum atomic E-state index is 5.74. The van der Waals surface area contributed by atoms with E-state index in [0.29, 0.717) is 6.61 Å². The van der Waals surface area contributed by atoms with Crippen LogP contribution in [0.4, 0.5) is 0 Å². The smallest absolute Gasteiger partial charge is 0.119 e. The lowest BCUT2D eigenvalue weighted by atomic mass is 10.2. The van der Waals surface area contributed by atoms with E-state index in [1.807, 2.05) is 42.1 Å². The van der Waals surface area contributed by atoms with Crippen LogP contribution in [0.3, 0.4) is 0 Å². The molecule has 2 rings (SSSR count). The Hall–Kier alpha value is -1.41. The molecule has 0 saturated heterocycles. The molecule has 0 N–H and O–H groups in total. The molecule has 0 spiro atoms. The predicted molar refractivity (Wildman–Crippen MR) is 78.2 cm³/mol. The van der Waals surface area contributed by atoms with Gasteiger partial charge in [0.25, 0.3) is 0 Å². The molecule has 0 atom stereocenters. The van der Waals surface area contributed by atoms with Crippen LogP contribution in [0.15, 0.2) is 59.5 Å². The van der Waals surface area contributed by atoms with Gasteiger partial charge in [0.2, 0.25) is 0 Å². The van der Waals surface area contributed by atoms with Crippen molar-refractivity contribution in [1.29, 1.82) is 0 Å². The van der Waals surface area contributed by atoms with E-state index in [0.717, 1.165) is 5.75 Å². The summed E-state index contributed by atoms with van der Waals surface area (Å²) in [6, 6.07) is 18.6. The van der Waals surface area contributed by atoms with Crippen molar-refractivity contribution in [2.75, 3.05) is 5.75 Å². The Morgan fingerprint density at radius 3 is 2.33 bits per heavy atom. The quantitative estimate of drug-likeness (QED) is 0.690. The average molecular weight is 258 g/mol. The van der Waals surface area contributed by atoms with Crippen molar-refractivity contribution >= 4 is 11.8 Å². The zero-order valence-electron chi connectivity index (χ0n) is 10.6. The number of benzene rings is 2. The van der Waals surface area contributed by atoms with E-state index in [9.17, 15) is 0 Å². The number of hydrogen-bond acceptors (Lipinski definition) is 2. The minimum Gasteiger partial charge on any atom is -0.489 e.